The topological polar surface area (TPSA) is 119 Å². The highest BCUT2D eigenvalue weighted by Gasteiger charge is 2.29. The first kappa shape index (κ1) is 25.4. The summed E-state index contributed by atoms with van der Waals surface area (Å²) in [5, 5.41) is 2.56. The number of anilines is 1. The van der Waals surface area contributed by atoms with Gasteiger partial charge in [-0.2, -0.15) is 4.31 Å². The number of hydrogen-bond donors (Lipinski definition) is 1. The minimum absolute atomic E-state index is 0.0134. The van der Waals surface area contributed by atoms with E-state index in [4.69, 9.17) is 9.47 Å². The van der Waals surface area contributed by atoms with E-state index in [1.54, 1.807) is 18.2 Å². The Bertz CT molecular complexity index is 1170. The molecule has 0 bridgehead atoms. The van der Waals surface area contributed by atoms with Gasteiger partial charge in [0.05, 0.1) is 12.7 Å². The van der Waals surface area contributed by atoms with Crippen LogP contribution in [0.2, 0.25) is 0 Å². The quantitative estimate of drug-likeness (QED) is 0.447. The number of esters is 1. The summed E-state index contributed by atoms with van der Waals surface area (Å²) in [5.74, 6) is -1.46. The molecule has 10 heteroatoms. The number of nitrogens with zero attached hydrogens (tertiary/aromatic N) is 1. The predicted molar refractivity (Wildman–Crippen MR) is 126 cm³/mol. The number of benzene rings is 2. The van der Waals surface area contributed by atoms with E-state index in [0.717, 1.165) is 25.7 Å². The molecule has 1 saturated heterocycles. The minimum atomic E-state index is -3.87. The van der Waals surface area contributed by atoms with E-state index in [2.05, 4.69) is 5.32 Å². The van der Waals surface area contributed by atoms with Crippen LogP contribution in [0, 0.1) is 0 Å². The molecule has 34 heavy (non-hydrogen) atoms. The van der Waals surface area contributed by atoms with Crippen molar-refractivity contribution in [2.24, 2.45) is 0 Å². The molecule has 0 unspecified atom stereocenters. The highest BCUT2D eigenvalue weighted by Crippen LogP contribution is 2.29. The average molecular weight is 489 g/mol. The third-order valence-electron chi connectivity index (χ3n) is 5.47. The number of carbonyl (C=O) groups is 3. The first-order chi connectivity index (χ1) is 16.2. The number of methoxy groups -OCH3 is 1. The summed E-state index contributed by atoms with van der Waals surface area (Å²) in [6.07, 6.45) is 3.48. The van der Waals surface area contributed by atoms with E-state index in [1.807, 2.05) is 0 Å². The number of hydrogen-bond acceptors (Lipinski definition) is 7. The predicted octanol–water partition coefficient (Wildman–Crippen LogP) is 3.26. The van der Waals surface area contributed by atoms with E-state index in [0.29, 0.717) is 24.3 Å². The van der Waals surface area contributed by atoms with Crippen LogP contribution in [0.25, 0.3) is 0 Å². The van der Waals surface area contributed by atoms with Gasteiger partial charge in [-0.05, 0) is 50.1 Å². The molecule has 0 spiro atoms. The molecule has 1 amide bonds. The van der Waals surface area contributed by atoms with Crippen LogP contribution in [0.3, 0.4) is 0 Å². The van der Waals surface area contributed by atoms with Crippen LogP contribution in [0.1, 0.15) is 53.3 Å². The van der Waals surface area contributed by atoms with Gasteiger partial charge in [0.25, 0.3) is 5.91 Å². The highest BCUT2D eigenvalue weighted by molar-refractivity contribution is 7.89. The lowest BCUT2D eigenvalue weighted by Gasteiger charge is -2.21. The van der Waals surface area contributed by atoms with Crippen molar-refractivity contribution in [2.75, 3.05) is 32.1 Å². The molecule has 2 aromatic rings. The smallest absolute Gasteiger partial charge is 0.338 e. The zero-order valence-corrected chi connectivity index (χ0v) is 20.0. The standard InChI is InChI=1S/C24H28N2O7S/c1-17(27)18-8-7-9-20(14-18)25-23(28)16-33-24(29)19-10-11-21(32-2)22(15-19)34(30,31)26-12-5-3-4-6-13-26/h7-11,14-15H,3-6,12-13,16H2,1-2H3,(H,25,28). The van der Waals surface area contributed by atoms with Crippen LogP contribution < -0.4 is 10.1 Å². The number of carbonyl (C=O) groups excluding carboxylic acids is 3. The van der Waals surface area contributed by atoms with Crippen LogP contribution in [-0.4, -0.2) is 57.2 Å². The van der Waals surface area contributed by atoms with Gasteiger partial charge in [-0.3, -0.25) is 9.59 Å². The van der Waals surface area contributed by atoms with Gasteiger partial charge in [-0.15, -0.1) is 0 Å². The Hall–Kier alpha value is -3.24. The molecule has 0 atom stereocenters. The van der Waals surface area contributed by atoms with Crippen molar-refractivity contribution < 1.29 is 32.3 Å². The number of amides is 1. The molecule has 0 saturated carbocycles. The fourth-order valence-electron chi connectivity index (χ4n) is 3.65. The Kier molecular flexibility index (Phi) is 8.41. The number of ketones is 1. The van der Waals surface area contributed by atoms with Gasteiger partial charge in [-0.1, -0.05) is 25.0 Å². The molecule has 9 nitrogen and oxygen atoms in total. The second-order valence-electron chi connectivity index (χ2n) is 7.95. The molecule has 0 aromatic heterocycles. The van der Waals surface area contributed by atoms with Gasteiger partial charge in [0.15, 0.2) is 12.4 Å². The number of Topliss-reactive ketones (excluding diaryl/α,β-unsaturated/α-hetero) is 1. The summed E-state index contributed by atoms with van der Waals surface area (Å²) in [6, 6.07) is 10.4. The summed E-state index contributed by atoms with van der Waals surface area (Å²) in [4.78, 5) is 36.1. The summed E-state index contributed by atoms with van der Waals surface area (Å²) in [5.41, 5.74) is 0.816. The number of sulfonamides is 1. The van der Waals surface area contributed by atoms with Gasteiger partial charge in [0, 0.05) is 24.3 Å². The normalized spacial score (nSPS) is 14.6. The first-order valence-electron chi connectivity index (χ1n) is 11.0. The third kappa shape index (κ3) is 6.21. The van der Waals surface area contributed by atoms with E-state index in [1.165, 1.54) is 42.6 Å². The lowest BCUT2D eigenvalue weighted by Crippen LogP contribution is -2.32. The van der Waals surface area contributed by atoms with E-state index >= 15 is 0 Å². The monoisotopic (exact) mass is 488 g/mol. The lowest BCUT2D eigenvalue weighted by atomic mass is 10.1. The van der Waals surface area contributed by atoms with Gasteiger partial charge in [-0.25, -0.2) is 13.2 Å². The minimum Gasteiger partial charge on any atom is -0.495 e. The van der Waals surface area contributed by atoms with Gasteiger partial charge in [0.1, 0.15) is 10.6 Å². The van der Waals surface area contributed by atoms with Crippen molar-refractivity contribution in [1.82, 2.24) is 4.31 Å². The fraction of sp³-hybridized carbons (Fsp3) is 0.375. The molecule has 1 fully saturated rings. The van der Waals surface area contributed by atoms with Gasteiger partial charge < -0.3 is 14.8 Å². The second kappa shape index (κ2) is 11.3. The number of rotatable bonds is 8. The Morgan fingerprint density at radius 1 is 0.971 bits per heavy atom. The van der Waals surface area contributed by atoms with Crippen LogP contribution >= 0.6 is 0 Å². The number of ether oxygens (including phenoxy) is 2. The molecule has 1 aliphatic heterocycles. The Morgan fingerprint density at radius 3 is 2.32 bits per heavy atom. The molecule has 182 valence electrons. The van der Waals surface area contributed by atoms with E-state index in [9.17, 15) is 22.8 Å². The molecule has 1 heterocycles. The number of nitrogens with one attached hydrogen (secondary N) is 1. The van der Waals surface area contributed by atoms with Crippen LogP contribution in [0.15, 0.2) is 47.4 Å². The highest BCUT2D eigenvalue weighted by atomic mass is 32.2. The molecule has 0 aliphatic carbocycles. The maximum Gasteiger partial charge on any atom is 0.338 e. The van der Waals surface area contributed by atoms with Crippen molar-refractivity contribution in [3.63, 3.8) is 0 Å². The van der Waals surface area contributed by atoms with Crippen LogP contribution in [0.4, 0.5) is 5.69 Å². The van der Waals surface area contributed by atoms with Crippen molar-refractivity contribution in [2.45, 2.75) is 37.5 Å². The summed E-state index contributed by atoms with van der Waals surface area (Å²) >= 11 is 0. The van der Waals surface area contributed by atoms with Gasteiger partial charge in [0.2, 0.25) is 10.0 Å². The van der Waals surface area contributed by atoms with E-state index in [-0.39, 0.29) is 22.0 Å². The molecule has 2 aromatic carbocycles. The average Bonchev–Trinajstić information content (AvgIpc) is 3.12. The Morgan fingerprint density at radius 2 is 1.68 bits per heavy atom. The Labute approximate surface area is 199 Å². The van der Waals surface area contributed by atoms with Crippen molar-refractivity contribution in [3.05, 3.63) is 53.6 Å². The summed E-state index contributed by atoms with van der Waals surface area (Å²) in [7, 11) is -2.51. The first-order valence-corrected chi connectivity index (χ1v) is 12.4. The maximum absolute atomic E-state index is 13.2. The Balaban J connectivity index is 1.71. The zero-order valence-electron chi connectivity index (χ0n) is 19.2. The van der Waals surface area contributed by atoms with Crippen molar-refractivity contribution in [1.29, 1.82) is 0 Å². The molecule has 0 radical (unpaired) electrons. The largest absolute Gasteiger partial charge is 0.495 e. The summed E-state index contributed by atoms with van der Waals surface area (Å²) in [6.45, 7) is 1.65. The maximum atomic E-state index is 13.2. The molecule has 3 rings (SSSR count). The SMILES string of the molecule is COc1ccc(C(=O)OCC(=O)Nc2cccc(C(C)=O)c2)cc1S(=O)(=O)N1CCCCCC1. The second-order valence-corrected chi connectivity index (χ2v) is 9.85. The van der Waals surface area contributed by atoms with Gasteiger partial charge >= 0.3 is 5.97 Å². The van der Waals surface area contributed by atoms with Crippen molar-refractivity contribution >= 4 is 33.4 Å². The van der Waals surface area contributed by atoms with Crippen LogP contribution in [0.5, 0.6) is 5.75 Å². The summed E-state index contributed by atoms with van der Waals surface area (Å²) < 4.78 is 38.2. The molecular weight excluding hydrogens is 460 g/mol. The fourth-order valence-corrected chi connectivity index (χ4v) is 5.35. The molecule has 1 aliphatic rings. The third-order valence-corrected chi connectivity index (χ3v) is 7.39. The van der Waals surface area contributed by atoms with E-state index < -0.39 is 28.5 Å². The molecular formula is C24H28N2O7S. The lowest BCUT2D eigenvalue weighted by molar-refractivity contribution is -0.119. The zero-order chi connectivity index (χ0) is 24.7. The molecule has 1 N–H and O–H groups in total. The van der Waals surface area contributed by atoms with Crippen molar-refractivity contribution in [3.8, 4) is 5.75 Å². The van der Waals surface area contributed by atoms with Crippen LogP contribution in [-0.2, 0) is 19.6 Å².